The van der Waals surface area contributed by atoms with Crippen molar-refractivity contribution in [3.05, 3.63) is 72.8 Å². The first-order chi connectivity index (χ1) is 16.3. The van der Waals surface area contributed by atoms with Crippen LogP contribution in [0, 0.1) is 0 Å². The lowest BCUT2D eigenvalue weighted by atomic mass is 9.87. The van der Waals surface area contributed by atoms with Gasteiger partial charge in [-0.2, -0.15) is 13.5 Å². The van der Waals surface area contributed by atoms with E-state index < -0.39 is 21.2 Å². The van der Waals surface area contributed by atoms with E-state index in [2.05, 4.69) is 4.98 Å². The number of β-lactam (4-membered cyclic amide) rings is 1. The topological polar surface area (TPSA) is 103 Å². The molecule has 1 amide bonds. The summed E-state index contributed by atoms with van der Waals surface area (Å²) in [6.45, 7) is 1.89. The second-order valence-corrected chi connectivity index (χ2v) is 10.7. The average Bonchev–Trinajstić information content (AvgIpc) is 3.41. The van der Waals surface area contributed by atoms with Gasteiger partial charge in [0.15, 0.2) is 16.2 Å². The van der Waals surface area contributed by atoms with Crippen LogP contribution in [0.15, 0.2) is 82.8 Å². The molecule has 5 rings (SSSR count). The molecule has 1 spiro atoms. The maximum absolute atomic E-state index is 13.1. The lowest BCUT2D eigenvalue weighted by Gasteiger charge is -2.55. The summed E-state index contributed by atoms with van der Waals surface area (Å²) in [6.07, 6.45) is 7.67. The molecule has 8 nitrogen and oxygen atoms in total. The van der Waals surface area contributed by atoms with Crippen molar-refractivity contribution in [1.29, 1.82) is 0 Å². The molecule has 1 saturated heterocycles. The first kappa shape index (κ1) is 22.7. The molecular formula is C23H19ClN4O4S2. The highest BCUT2D eigenvalue weighted by Crippen LogP contribution is 2.51. The highest BCUT2D eigenvalue weighted by Gasteiger charge is 2.67. The molecule has 3 heterocycles. The third-order valence-electron chi connectivity index (χ3n) is 5.69. The minimum Gasteiger partial charge on any atom is -0.282 e. The highest BCUT2D eigenvalue weighted by molar-refractivity contribution is 7.85. The van der Waals surface area contributed by atoms with Gasteiger partial charge in [0, 0.05) is 6.42 Å². The summed E-state index contributed by atoms with van der Waals surface area (Å²) in [5.41, 5.74) is 0.656. The molecule has 0 saturated carbocycles. The third kappa shape index (κ3) is 3.54. The fraction of sp³-hybridized carbons (Fsp3) is 0.174. The van der Waals surface area contributed by atoms with Crippen molar-refractivity contribution in [1.82, 2.24) is 4.98 Å². The molecule has 11 heteroatoms. The molecule has 2 aliphatic heterocycles. The van der Waals surface area contributed by atoms with Crippen LogP contribution in [0.3, 0.4) is 0 Å². The van der Waals surface area contributed by atoms with Gasteiger partial charge in [0.1, 0.15) is 0 Å². The van der Waals surface area contributed by atoms with E-state index in [9.17, 15) is 17.8 Å². The predicted molar refractivity (Wildman–Crippen MR) is 134 cm³/mol. The van der Waals surface area contributed by atoms with E-state index >= 15 is 0 Å². The lowest BCUT2D eigenvalue weighted by molar-refractivity contribution is -0.126. The van der Waals surface area contributed by atoms with Gasteiger partial charge in [-0.1, -0.05) is 47.8 Å². The molecule has 0 bridgehead atoms. The molecule has 34 heavy (non-hydrogen) atoms. The van der Waals surface area contributed by atoms with Crippen molar-refractivity contribution in [2.75, 3.05) is 9.91 Å². The van der Waals surface area contributed by atoms with E-state index in [0.717, 1.165) is 10.2 Å². The van der Waals surface area contributed by atoms with Crippen LogP contribution in [0.2, 0.25) is 0 Å². The zero-order chi connectivity index (χ0) is 24.1. The minimum atomic E-state index is -4.44. The largest absolute Gasteiger partial charge is 0.294 e. The molecular weight excluding hydrogens is 496 g/mol. The van der Waals surface area contributed by atoms with Crippen LogP contribution in [0.4, 0.5) is 10.8 Å². The summed E-state index contributed by atoms with van der Waals surface area (Å²) in [5, 5.41) is 5.78. The lowest BCUT2D eigenvalue weighted by Crippen LogP contribution is -2.78. The number of para-hydroxylation sites is 1. The van der Waals surface area contributed by atoms with Gasteiger partial charge >= 0.3 is 0 Å². The number of hydrazone groups is 1. The summed E-state index contributed by atoms with van der Waals surface area (Å²) >= 11 is 8.04. The maximum Gasteiger partial charge on any atom is 0.294 e. The van der Waals surface area contributed by atoms with Crippen molar-refractivity contribution in [3.63, 3.8) is 0 Å². The van der Waals surface area contributed by atoms with E-state index in [0.29, 0.717) is 23.0 Å². The van der Waals surface area contributed by atoms with Crippen LogP contribution in [0.25, 0.3) is 10.2 Å². The molecule has 1 fully saturated rings. The first-order valence-electron chi connectivity index (χ1n) is 10.3. The molecule has 1 N–H and O–H groups in total. The Balaban J connectivity index is 1.65. The number of carbonyl (C=O) groups excluding carboxylic acids is 1. The van der Waals surface area contributed by atoms with E-state index in [4.69, 9.17) is 16.7 Å². The van der Waals surface area contributed by atoms with E-state index in [-0.39, 0.29) is 10.8 Å². The van der Waals surface area contributed by atoms with E-state index in [1.54, 1.807) is 11.1 Å². The number of rotatable bonds is 5. The second kappa shape index (κ2) is 8.31. The SMILES string of the molecule is C/C=C/C=C/C1=NN(c2cccc(S(=O)(=O)O)c2)[C@@]2(C1)[C@@H](Cl)C(=O)N2c1nc2ccccc2s1. The Bertz CT molecular complexity index is 1460. The highest BCUT2D eigenvalue weighted by atomic mass is 35.5. The molecule has 0 radical (unpaired) electrons. The number of carbonyl (C=O) groups is 1. The van der Waals surface area contributed by atoms with Gasteiger partial charge < -0.3 is 0 Å². The van der Waals surface area contributed by atoms with Crippen LogP contribution < -0.4 is 9.91 Å². The van der Waals surface area contributed by atoms with Gasteiger partial charge in [-0.05, 0) is 43.3 Å². The molecule has 2 aromatic carbocycles. The van der Waals surface area contributed by atoms with Crippen molar-refractivity contribution >= 4 is 65.7 Å². The number of hydrogen-bond acceptors (Lipinski definition) is 7. The zero-order valence-electron chi connectivity index (χ0n) is 17.9. The summed E-state index contributed by atoms with van der Waals surface area (Å²) < 4.78 is 34.0. The Kier molecular flexibility index (Phi) is 5.56. The number of halogens is 1. The average molecular weight is 515 g/mol. The Morgan fingerprint density at radius 1 is 1.21 bits per heavy atom. The van der Waals surface area contributed by atoms with Crippen LogP contribution in [-0.2, 0) is 14.9 Å². The van der Waals surface area contributed by atoms with Crippen molar-refractivity contribution in [3.8, 4) is 0 Å². The molecule has 0 unspecified atom stereocenters. The van der Waals surface area contributed by atoms with Gasteiger partial charge in [0.25, 0.3) is 16.0 Å². The van der Waals surface area contributed by atoms with Crippen LogP contribution in [0.1, 0.15) is 13.3 Å². The number of hydrogen-bond donors (Lipinski definition) is 1. The standard InChI is InChI=1S/C23H19ClN4O4S2/c1-2-3-4-8-15-14-23(28(26-15)16-9-7-10-17(13-16)34(30,31)32)20(24)21(29)27(23)22-25-18-11-5-6-12-19(18)33-22/h2-13,20H,14H2,1H3,(H,30,31,32)/b3-2+,8-4+/t20-,23-/m0/s1. The summed E-state index contributed by atoms with van der Waals surface area (Å²) in [4.78, 5) is 19.0. The Morgan fingerprint density at radius 3 is 2.74 bits per heavy atom. The molecule has 0 aliphatic carbocycles. The Morgan fingerprint density at radius 2 is 2.00 bits per heavy atom. The zero-order valence-corrected chi connectivity index (χ0v) is 20.3. The van der Waals surface area contributed by atoms with Crippen molar-refractivity contribution < 1.29 is 17.8 Å². The number of amides is 1. The van der Waals surface area contributed by atoms with Crippen LogP contribution >= 0.6 is 22.9 Å². The van der Waals surface area contributed by atoms with E-state index in [1.807, 2.05) is 55.5 Å². The monoisotopic (exact) mass is 514 g/mol. The number of allylic oxidation sites excluding steroid dienone is 4. The Labute approximate surface area is 205 Å². The van der Waals surface area contributed by atoms with Gasteiger partial charge in [0.2, 0.25) is 0 Å². The predicted octanol–water partition coefficient (Wildman–Crippen LogP) is 4.59. The second-order valence-electron chi connectivity index (χ2n) is 7.82. The summed E-state index contributed by atoms with van der Waals surface area (Å²) in [7, 11) is -4.44. The van der Waals surface area contributed by atoms with E-state index in [1.165, 1.54) is 34.4 Å². The maximum atomic E-state index is 13.1. The molecule has 174 valence electrons. The molecule has 1 aromatic heterocycles. The number of thiazole rings is 1. The van der Waals surface area contributed by atoms with Crippen LogP contribution in [0.5, 0.6) is 0 Å². The number of benzene rings is 2. The number of nitrogens with zero attached hydrogens (tertiary/aromatic N) is 4. The number of aromatic nitrogens is 1. The van der Waals surface area contributed by atoms with Gasteiger partial charge in [0.05, 0.1) is 26.5 Å². The van der Waals surface area contributed by atoms with Crippen LogP contribution in [-0.4, -0.2) is 40.6 Å². The normalized spacial score (nSPS) is 23.0. The Hall–Kier alpha value is -3.05. The number of fused-ring (bicyclic) bond motifs is 1. The minimum absolute atomic E-state index is 0.281. The fourth-order valence-electron chi connectivity index (χ4n) is 4.15. The third-order valence-corrected chi connectivity index (χ3v) is 8.10. The molecule has 2 atom stereocenters. The smallest absolute Gasteiger partial charge is 0.282 e. The quantitative estimate of drug-likeness (QED) is 0.231. The van der Waals surface area contributed by atoms with Gasteiger partial charge in [-0.25, -0.2) is 9.99 Å². The first-order valence-corrected chi connectivity index (χ1v) is 13.0. The molecule has 2 aliphatic rings. The van der Waals surface area contributed by atoms with Gasteiger partial charge in [-0.3, -0.25) is 14.2 Å². The summed E-state index contributed by atoms with van der Waals surface area (Å²) in [5.74, 6) is -0.314. The number of alkyl halides is 1. The summed E-state index contributed by atoms with van der Waals surface area (Å²) in [6, 6.07) is 13.3. The van der Waals surface area contributed by atoms with Gasteiger partial charge in [-0.15, -0.1) is 11.6 Å². The van der Waals surface area contributed by atoms with Crippen molar-refractivity contribution in [2.24, 2.45) is 5.10 Å². The van der Waals surface area contributed by atoms with Crippen molar-refractivity contribution in [2.45, 2.75) is 29.3 Å². The molecule has 3 aromatic rings. The fourth-order valence-corrected chi connectivity index (χ4v) is 6.08. The number of anilines is 2.